The van der Waals surface area contributed by atoms with Crippen LogP contribution >= 0.6 is 12.2 Å². The standard InChI is InChI=1S/C26H36N2O3S/c1-4-5-6-7-8-18-30-23-13-9-21(10-14-23)25(29)28-26(32)27-22-11-15-24(16-12-22)31-19-17-20(2)3/h9-16,20H,4-8,17-19H2,1-3H3,(H2,27,28,29,32). The molecule has 6 heteroatoms. The first-order valence-electron chi connectivity index (χ1n) is 11.6. The van der Waals surface area contributed by atoms with E-state index < -0.39 is 0 Å². The van der Waals surface area contributed by atoms with Gasteiger partial charge >= 0.3 is 0 Å². The van der Waals surface area contributed by atoms with Gasteiger partial charge in [0.05, 0.1) is 13.2 Å². The minimum absolute atomic E-state index is 0.246. The second-order valence-electron chi connectivity index (χ2n) is 8.25. The van der Waals surface area contributed by atoms with Crippen LogP contribution in [-0.2, 0) is 0 Å². The van der Waals surface area contributed by atoms with Crippen molar-refractivity contribution in [2.75, 3.05) is 18.5 Å². The Morgan fingerprint density at radius 3 is 2.09 bits per heavy atom. The zero-order chi connectivity index (χ0) is 23.2. The molecule has 0 aromatic heterocycles. The average Bonchev–Trinajstić information content (AvgIpc) is 2.77. The molecule has 0 fully saturated rings. The van der Waals surface area contributed by atoms with Crippen molar-refractivity contribution in [1.29, 1.82) is 0 Å². The third kappa shape index (κ3) is 10.1. The van der Waals surface area contributed by atoms with Gasteiger partial charge in [0.2, 0.25) is 0 Å². The minimum Gasteiger partial charge on any atom is -0.494 e. The number of unbranched alkanes of at least 4 members (excludes halogenated alkanes) is 4. The summed E-state index contributed by atoms with van der Waals surface area (Å²) < 4.78 is 11.5. The fourth-order valence-electron chi connectivity index (χ4n) is 2.98. The maximum Gasteiger partial charge on any atom is 0.257 e. The fraction of sp³-hybridized carbons (Fsp3) is 0.462. The topological polar surface area (TPSA) is 59.6 Å². The molecular weight excluding hydrogens is 420 g/mol. The lowest BCUT2D eigenvalue weighted by Crippen LogP contribution is -2.34. The highest BCUT2D eigenvalue weighted by Gasteiger charge is 2.08. The molecule has 0 saturated carbocycles. The Bertz CT molecular complexity index is 820. The van der Waals surface area contributed by atoms with Crippen LogP contribution in [0.2, 0.25) is 0 Å². The third-order valence-electron chi connectivity index (χ3n) is 4.94. The van der Waals surface area contributed by atoms with Gasteiger partial charge in [-0.25, -0.2) is 0 Å². The number of hydrogen-bond donors (Lipinski definition) is 2. The van der Waals surface area contributed by atoms with Gasteiger partial charge in [0.1, 0.15) is 11.5 Å². The van der Waals surface area contributed by atoms with Crippen LogP contribution in [-0.4, -0.2) is 24.2 Å². The van der Waals surface area contributed by atoms with Crippen molar-refractivity contribution in [3.8, 4) is 11.5 Å². The molecule has 5 nitrogen and oxygen atoms in total. The molecule has 0 atom stereocenters. The van der Waals surface area contributed by atoms with Crippen molar-refractivity contribution < 1.29 is 14.3 Å². The SMILES string of the molecule is CCCCCCCOc1ccc(C(=O)NC(=S)Nc2ccc(OCCC(C)C)cc2)cc1. The molecule has 174 valence electrons. The Morgan fingerprint density at radius 2 is 1.47 bits per heavy atom. The number of amides is 1. The van der Waals surface area contributed by atoms with Gasteiger partial charge in [-0.1, -0.05) is 46.5 Å². The van der Waals surface area contributed by atoms with E-state index in [-0.39, 0.29) is 11.0 Å². The van der Waals surface area contributed by atoms with Crippen molar-refractivity contribution in [2.45, 2.75) is 59.3 Å². The summed E-state index contributed by atoms with van der Waals surface area (Å²) >= 11 is 5.27. The molecule has 0 aliphatic heterocycles. The van der Waals surface area contributed by atoms with E-state index in [1.54, 1.807) is 12.1 Å². The first-order chi connectivity index (χ1) is 15.5. The first kappa shape index (κ1) is 25.7. The number of anilines is 1. The molecule has 0 aliphatic carbocycles. The van der Waals surface area contributed by atoms with Crippen LogP contribution in [0.3, 0.4) is 0 Å². The van der Waals surface area contributed by atoms with E-state index in [0.717, 1.165) is 30.0 Å². The van der Waals surface area contributed by atoms with Crippen molar-refractivity contribution in [3.63, 3.8) is 0 Å². The van der Waals surface area contributed by atoms with Crippen LogP contribution in [0.1, 0.15) is 69.7 Å². The highest BCUT2D eigenvalue weighted by Crippen LogP contribution is 2.17. The highest BCUT2D eigenvalue weighted by atomic mass is 32.1. The molecule has 0 aliphatic rings. The number of carbonyl (C=O) groups excluding carboxylic acids is 1. The number of carbonyl (C=O) groups is 1. The lowest BCUT2D eigenvalue weighted by atomic mass is 10.1. The van der Waals surface area contributed by atoms with E-state index in [9.17, 15) is 4.79 Å². The Kier molecular flexibility index (Phi) is 11.6. The Labute approximate surface area is 197 Å². The zero-order valence-electron chi connectivity index (χ0n) is 19.5. The maximum absolute atomic E-state index is 12.4. The average molecular weight is 457 g/mol. The van der Waals surface area contributed by atoms with Gasteiger partial charge in [-0.2, -0.15) is 0 Å². The molecule has 2 N–H and O–H groups in total. The van der Waals surface area contributed by atoms with Gasteiger partial charge < -0.3 is 14.8 Å². The van der Waals surface area contributed by atoms with E-state index in [1.807, 2.05) is 36.4 Å². The summed E-state index contributed by atoms with van der Waals surface area (Å²) in [6, 6.07) is 14.6. The molecule has 0 saturated heterocycles. The molecule has 2 rings (SSSR count). The fourth-order valence-corrected chi connectivity index (χ4v) is 3.19. The minimum atomic E-state index is -0.262. The molecule has 2 aromatic rings. The second kappa shape index (κ2) is 14.5. The number of nitrogens with one attached hydrogen (secondary N) is 2. The monoisotopic (exact) mass is 456 g/mol. The van der Waals surface area contributed by atoms with Crippen LogP contribution in [0.15, 0.2) is 48.5 Å². The summed E-state index contributed by atoms with van der Waals surface area (Å²) in [4.78, 5) is 12.4. The van der Waals surface area contributed by atoms with Gasteiger partial charge in [0, 0.05) is 11.3 Å². The number of thiocarbonyl (C=S) groups is 1. The lowest BCUT2D eigenvalue weighted by molar-refractivity contribution is 0.0977. The van der Waals surface area contributed by atoms with Gasteiger partial charge in [0.25, 0.3) is 5.91 Å². The first-order valence-corrected chi connectivity index (χ1v) is 12.0. The van der Waals surface area contributed by atoms with Gasteiger partial charge in [-0.15, -0.1) is 0 Å². The number of rotatable bonds is 13. The molecule has 0 heterocycles. The molecule has 0 radical (unpaired) electrons. The highest BCUT2D eigenvalue weighted by molar-refractivity contribution is 7.80. The quantitative estimate of drug-likeness (QED) is 0.263. The summed E-state index contributed by atoms with van der Waals surface area (Å²) in [5, 5.41) is 5.98. The van der Waals surface area contributed by atoms with Gasteiger partial charge in [-0.05, 0) is 79.5 Å². The molecule has 0 spiro atoms. The van der Waals surface area contributed by atoms with Gasteiger partial charge in [0.15, 0.2) is 5.11 Å². The van der Waals surface area contributed by atoms with Crippen molar-refractivity contribution in [3.05, 3.63) is 54.1 Å². The molecule has 1 amide bonds. The molecular formula is C26H36N2O3S. The normalized spacial score (nSPS) is 10.6. The van der Waals surface area contributed by atoms with Crippen molar-refractivity contribution in [1.82, 2.24) is 5.32 Å². The Hall–Kier alpha value is -2.60. The number of benzene rings is 2. The Morgan fingerprint density at radius 1 is 0.875 bits per heavy atom. The smallest absolute Gasteiger partial charge is 0.257 e. The van der Waals surface area contributed by atoms with Crippen molar-refractivity contribution >= 4 is 28.9 Å². The molecule has 0 bridgehead atoms. The lowest BCUT2D eigenvalue weighted by Gasteiger charge is -2.12. The summed E-state index contributed by atoms with van der Waals surface area (Å²) in [5.41, 5.74) is 1.31. The maximum atomic E-state index is 12.4. The Balaban J connectivity index is 1.73. The largest absolute Gasteiger partial charge is 0.494 e. The third-order valence-corrected chi connectivity index (χ3v) is 5.14. The predicted molar refractivity (Wildman–Crippen MR) is 136 cm³/mol. The summed E-state index contributed by atoms with van der Waals surface area (Å²) in [5.74, 6) is 1.94. The van der Waals surface area contributed by atoms with Gasteiger partial charge in [-0.3, -0.25) is 10.1 Å². The molecule has 2 aromatic carbocycles. The second-order valence-corrected chi connectivity index (χ2v) is 8.66. The van der Waals surface area contributed by atoms with Crippen LogP contribution in [0.5, 0.6) is 11.5 Å². The van der Waals surface area contributed by atoms with Crippen LogP contribution in [0, 0.1) is 5.92 Å². The number of hydrogen-bond acceptors (Lipinski definition) is 4. The van der Waals surface area contributed by atoms with E-state index in [0.29, 0.717) is 24.7 Å². The van der Waals surface area contributed by atoms with E-state index in [2.05, 4.69) is 31.4 Å². The number of ether oxygens (including phenoxy) is 2. The summed E-state index contributed by atoms with van der Waals surface area (Å²) in [6.45, 7) is 7.94. The summed E-state index contributed by atoms with van der Waals surface area (Å²) in [6.07, 6.45) is 7.02. The molecule has 32 heavy (non-hydrogen) atoms. The summed E-state index contributed by atoms with van der Waals surface area (Å²) in [7, 11) is 0. The van der Waals surface area contributed by atoms with Crippen molar-refractivity contribution in [2.24, 2.45) is 5.92 Å². The van der Waals surface area contributed by atoms with E-state index >= 15 is 0 Å². The van der Waals surface area contributed by atoms with E-state index in [1.165, 1.54) is 25.7 Å². The molecule has 0 unspecified atom stereocenters. The van der Waals surface area contributed by atoms with Crippen LogP contribution < -0.4 is 20.1 Å². The van der Waals surface area contributed by atoms with E-state index in [4.69, 9.17) is 21.7 Å². The predicted octanol–water partition coefficient (Wildman–Crippen LogP) is 6.59. The zero-order valence-corrected chi connectivity index (χ0v) is 20.3. The van der Waals surface area contributed by atoms with Crippen LogP contribution in [0.25, 0.3) is 0 Å². The van der Waals surface area contributed by atoms with Crippen LogP contribution in [0.4, 0.5) is 5.69 Å².